The molecule has 1 aromatic carbocycles. The predicted octanol–water partition coefficient (Wildman–Crippen LogP) is 2.80. The highest BCUT2D eigenvalue weighted by Crippen LogP contribution is 2.16. The lowest BCUT2D eigenvalue weighted by atomic mass is 10.0. The van der Waals surface area contributed by atoms with Gasteiger partial charge < -0.3 is 5.32 Å². The topological polar surface area (TPSA) is 29.1 Å². The van der Waals surface area contributed by atoms with Gasteiger partial charge in [0.2, 0.25) is 0 Å². The first-order valence-corrected chi connectivity index (χ1v) is 4.86. The molecule has 1 amide bonds. The van der Waals surface area contributed by atoms with Crippen LogP contribution in [0.25, 0.3) is 5.57 Å². The van der Waals surface area contributed by atoms with Crippen LogP contribution in [0.3, 0.4) is 0 Å². The number of carbonyl (C=O) groups is 1. The number of hydrogen-bond acceptors (Lipinski definition) is 1. The summed E-state index contributed by atoms with van der Waals surface area (Å²) in [6, 6.07) is 4.16. The second kappa shape index (κ2) is 5.39. The number of rotatable bonds is 4. The van der Waals surface area contributed by atoms with Crippen LogP contribution in [0.4, 0.5) is 8.78 Å². The van der Waals surface area contributed by atoms with E-state index in [1.807, 2.05) is 0 Å². The lowest BCUT2D eigenvalue weighted by molar-refractivity contribution is 0.0947. The Bertz CT molecular complexity index is 421. The smallest absolute Gasteiger partial charge is 0.254 e. The van der Waals surface area contributed by atoms with Crippen LogP contribution in [0.5, 0.6) is 0 Å². The van der Waals surface area contributed by atoms with Crippen molar-refractivity contribution >= 4 is 11.5 Å². The molecule has 4 heteroatoms. The zero-order valence-corrected chi connectivity index (χ0v) is 9.02. The van der Waals surface area contributed by atoms with E-state index in [2.05, 4.69) is 11.9 Å². The molecule has 0 saturated carbocycles. The summed E-state index contributed by atoms with van der Waals surface area (Å²) in [6.45, 7) is 4.68. The quantitative estimate of drug-likeness (QED) is 0.842. The Morgan fingerprint density at radius 1 is 1.56 bits per heavy atom. The van der Waals surface area contributed by atoms with Crippen molar-refractivity contribution in [3.63, 3.8) is 0 Å². The van der Waals surface area contributed by atoms with Crippen molar-refractivity contribution in [1.82, 2.24) is 5.32 Å². The summed E-state index contributed by atoms with van der Waals surface area (Å²) in [5.74, 6) is -1.24. The molecule has 0 radical (unpaired) electrons. The van der Waals surface area contributed by atoms with Crippen LogP contribution in [0.2, 0.25) is 0 Å². The van der Waals surface area contributed by atoms with E-state index in [1.54, 1.807) is 13.0 Å². The molecule has 16 heavy (non-hydrogen) atoms. The van der Waals surface area contributed by atoms with Gasteiger partial charge in [0.15, 0.2) is 0 Å². The Labute approximate surface area is 94.5 Å². The van der Waals surface area contributed by atoms with Gasteiger partial charge in [0.1, 0.15) is 12.5 Å². The van der Waals surface area contributed by atoms with Gasteiger partial charge in [0.25, 0.3) is 5.91 Å². The molecule has 1 N–H and O–H groups in total. The molecule has 0 atom stereocenters. The molecule has 0 saturated heterocycles. The number of benzene rings is 1. The van der Waals surface area contributed by atoms with E-state index in [1.165, 1.54) is 12.1 Å². The Hall–Kier alpha value is -1.71. The lowest BCUT2D eigenvalue weighted by Gasteiger charge is -2.06. The molecule has 88 valence electrons. The van der Waals surface area contributed by atoms with E-state index in [-0.39, 0.29) is 13.5 Å². The van der Waals surface area contributed by atoms with E-state index in [4.69, 9.17) is 0 Å². The fraction of sp³-hybridized carbons (Fsp3) is 0.250. The first-order valence-electron chi connectivity index (χ1n) is 4.86. The minimum absolute atomic E-state index is 0. The normalized spacial score (nSPS) is 9.94. The van der Waals surface area contributed by atoms with Crippen molar-refractivity contribution in [3.8, 4) is 0 Å². The maximum absolute atomic E-state index is 13.3. The SMILES string of the molecule is C=C(C)c1ccc(F)c(C(=O)NCCF)c1.[HH]. The Balaban J connectivity index is 0.00000256. The molecule has 1 aromatic rings. The molecular weight excluding hydrogens is 212 g/mol. The van der Waals surface area contributed by atoms with E-state index in [9.17, 15) is 13.6 Å². The van der Waals surface area contributed by atoms with Crippen molar-refractivity contribution in [2.45, 2.75) is 6.92 Å². The average molecular weight is 227 g/mol. The van der Waals surface area contributed by atoms with Crippen LogP contribution in [0.15, 0.2) is 24.8 Å². The Kier molecular flexibility index (Phi) is 4.17. The highest BCUT2D eigenvalue weighted by molar-refractivity contribution is 5.95. The van der Waals surface area contributed by atoms with Gasteiger partial charge in [-0.15, -0.1) is 0 Å². The predicted molar refractivity (Wildman–Crippen MR) is 61.5 cm³/mol. The molecule has 0 heterocycles. The minimum Gasteiger partial charge on any atom is -0.349 e. The van der Waals surface area contributed by atoms with Gasteiger partial charge in [-0.05, 0) is 24.6 Å². The van der Waals surface area contributed by atoms with Crippen LogP contribution in [0, 0.1) is 5.82 Å². The van der Waals surface area contributed by atoms with Crippen LogP contribution >= 0.6 is 0 Å². The van der Waals surface area contributed by atoms with Gasteiger partial charge in [-0.1, -0.05) is 18.2 Å². The molecule has 0 aliphatic rings. The van der Waals surface area contributed by atoms with E-state index in [0.29, 0.717) is 5.56 Å². The maximum atomic E-state index is 13.3. The average Bonchev–Trinajstić information content (AvgIpc) is 2.26. The zero-order valence-electron chi connectivity index (χ0n) is 9.02. The van der Waals surface area contributed by atoms with E-state index >= 15 is 0 Å². The second-order valence-corrected chi connectivity index (χ2v) is 3.42. The number of carbonyl (C=O) groups excluding carboxylic acids is 1. The first-order chi connectivity index (χ1) is 7.56. The summed E-state index contributed by atoms with van der Waals surface area (Å²) in [5, 5.41) is 2.27. The molecule has 0 bridgehead atoms. The number of nitrogens with one attached hydrogen (secondary N) is 1. The van der Waals surface area contributed by atoms with Gasteiger partial charge in [-0.2, -0.15) is 0 Å². The third-order valence-electron chi connectivity index (χ3n) is 2.08. The molecule has 0 aliphatic heterocycles. The van der Waals surface area contributed by atoms with Crippen molar-refractivity contribution in [2.24, 2.45) is 0 Å². The first kappa shape index (κ1) is 12.4. The van der Waals surface area contributed by atoms with Crippen LogP contribution in [0.1, 0.15) is 24.3 Å². The van der Waals surface area contributed by atoms with Crippen molar-refractivity contribution in [3.05, 3.63) is 41.7 Å². The number of allylic oxidation sites excluding steroid dienone is 1. The minimum atomic E-state index is -0.673. The van der Waals surface area contributed by atoms with Crippen molar-refractivity contribution < 1.29 is 15.0 Å². The van der Waals surface area contributed by atoms with E-state index in [0.717, 1.165) is 5.57 Å². The maximum Gasteiger partial charge on any atom is 0.254 e. The summed E-state index contributed by atoms with van der Waals surface area (Å²) >= 11 is 0. The Morgan fingerprint density at radius 2 is 2.25 bits per heavy atom. The number of halogens is 2. The molecule has 1 rings (SSSR count). The number of hydrogen-bond donors (Lipinski definition) is 1. The molecule has 0 aromatic heterocycles. The number of amides is 1. The second-order valence-electron chi connectivity index (χ2n) is 3.42. The summed E-state index contributed by atoms with van der Waals surface area (Å²) in [4.78, 5) is 11.5. The third-order valence-corrected chi connectivity index (χ3v) is 2.08. The summed E-state index contributed by atoms with van der Waals surface area (Å²) in [5.41, 5.74) is 1.33. The van der Waals surface area contributed by atoms with Crippen LogP contribution in [-0.4, -0.2) is 19.1 Å². The van der Waals surface area contributed by atoms with Gasteiger partial charge in [-0.3, -0.25) is 4.79 Å². The highest BCUT2D eigenvalue weighted by Gasteiger charge is 2.12. The van der Waals surface area contributed by atoms with Crippen molar-refractivity contribution in [2.75, 3.05) is 13.2 Å². The molecule has 2 nitrogen and oxygen atoms in total. The third kappa shape index (κ3) is 2.89. The number of alkyl halides is 1. The highest BCUT2D eigenvalue weighted by atomic mass is 19.1. The molecule has 0 aliphatic carbocycles. The zero-order chi connectivity index (χ0) is 12.1. The monoisotopic (exact) mass is 227 g/mol. The fourth-order valence-corrected chi connectivity index (χ4v) is 1.22. The summed E-state index contributed by atoms with van der Waals surface area (Å²) in [7, 11) is 0. The van der Waals surface area contributed by atoms with Crippen LogP contribution < -0.4 is 5.32 Å². The van der Waals surface area contributed by atoms with Gasteiger partial charge >= 0.3 is 0 Å². The largest absolute Gasteiger partial charge is 0.349 e. The van der Waals surface area contributed by atoms with Gasteiger partial charge in [-0.25, -0.2) is 8.78 Å². The molecule has 0 spiro atoms. The molecular formula is C12H15F2NO. The summed E-state index contributed by atoms with van der Waals surface area (Å²) in [6.07, 6.45) is 0. The standard InChI is InChI=1S/C12H13F2NO.H2/c1-8(2)9-3-4-11(14)10(7-9)12(16)15-6-5-13;/h3-4,7H,1,5-6H2,2H3,(H,15,16);1H. The van der Waals surface area contributed by atoms with Crippen molar-refractivity contribution in [1.29, 1.82) is 0 Å². The molecule has 0 fully saturated rings. The lowest BCUT2D eigenvalue weighted by Crippen LogP contribution is -2.26. The molecule has 0 unspecified atom stereocenters. The van der Waals surface area contributed by atoms with Gasteiger partial charge in [0, 0.05) is 7.97 Å². The van der Waals surface area contributed by atoms with Crippen LogP contribution in [-0.2, 0) is 0 Å². The summed E-state index contributed by atoms with van der Waals surface area (Å²) < 4.78 is 25.2. The fourth-order valence-electron chi connectivity index (χ4n) is 1.22. The Morgan fingerprint density at radius 3 is 2.81 bits per heavy atom. The van der Waals surface area contributed by atoms with E-state index < -0.39 is 18.4 Å². The van der Waals surface area contributed by atoms with Gasteiger partial charge in [0.05, 0.1) is 5.56 Å².